The predicted molar refractivity (Wildman–Crippen MR) is 82.1 cm³/mol. The Hall–Kier alpha value is -2.09. The topological polar surface area (TPSA) is 26.3 Å². The standard InChI is InChI=1S/C19H18O2/c20-19-7-3-5-14-11-16(8-9-18(14)19)21-12-15-10-13-4-1-2-6-17(13)15/h1-2,4,6,8-9,11,15H,3,5,7,10,12H2. The van der Waals surface area contributed by atoms with Crippen molar-refractivity contribution in [3.8, 4) is 5.75 Å². The van der Waals surface area contributed by atoms with Gasteiger partial charge in [0.2, 0.25) is 0 Å². The second kappa shape index (κ2) is 5.03. The van der Waals surface area contributed by atoms with Gasteiger partial charge < -0.3 is 4.74 Å². The zero-order chi connectivity index (χ0) is 14.2. The van der Waals surface area contributed by atoms with Crippen molar-refractivity contribution < 1.29 is 9.53 Å². The van der Waals surface area contributed by atoms with Gasteiger partial charge in [0.05, 0.1) is 6.61 Å². The Labute approximate surface area is 124 Å². The smallest absolute Gasteiger partial charge is 0.163 e. The molecule has 2 aromatic carbocycles. The average molecular weight is 278 g/mol. The molecule has 0 heterocycles. The van der Waals surface area contributed by atoms with Crippen molar-refractivity contribution in [3.63, 3.8) is 0 Å². The van der Waals surface area contributed by atoms with E-state index in [0.29, 0.717) is 12.3 Å². The van der Waals surface area contributed by atoms with Crippen LogP contribution in [-0.2, 0) is 12.8 Å². The zero-order valence-corrected chi connectivity index (χ0v) is 12.0. The third-order valence-electron chi connectivity index (χ3n) is 4.64. The van der Waals surface area contributed by atoms with Gasteiger partial charge in [-0.2, -0.15) is 0 Å². The van der Waals surface area contributed by atoms with Crippen LogP contribution in [0.3, 0.4) is 0 Å². The minimum atomic E-state index is 0.274. The molecule has 0 aromatic heterocycles. The number of carbonyl (C=O) groups is 1. The van der Waals surface area contributed by atoms with Gasteiger partial charge in [0.25, 0.3) is 0 Å². The first kappa shape index (κ1) is 12.6. The summed E-state index contributed by atoms with van der Waals surface area (Å²) in [5, 5.41) is 0. The van der Waals surface area contributed by atoms with Crippen LogP contribution in [0.25, 0.3) is 0 Å². The lowest BCUT2D eigenvalue weighted by Crippen LogP contribution is -2.23. The van der Waals surface area contributed by atoms with Crippen molar-refractivity contribution in [2.45, 2.75) is 31.6 Å². The first-order valence-corrected chi connectivity index (χ1v) is 7.68. The monoisotopic (exact) mass is 278 g/mol. The Kier molecular flexibility index (Phi) is 3.03. The molecule has 0 aliphatic heterocycles. The molecule has 21 heavy (non-hydrogen) atoms. The molecule has 0 radical (unpaired) electrons. The number of benzene rings is 2. The maximum Gasteiger partial charge on any atom is 0.163 e. The van der Waals surface area contributed by atoms with Gasteiger partial charge in [-0.15, -0.1) is 0 Å². The summed E-state index contributed by atoms with van der Waals surface area (Å²) in [6, 6.07) is 14.5. The third kappa shape index (κ3) is 2.25. The van der Waals surface area contributed by atoms with Crippen LogP contribution in [0.5, 0.6) is 5.75 Å². The number of ketones is 1. The van der Waals surface area contributed by atoms with Gasteiger partial charge in [0, 0.05) is 17.9 Å². The van der Waals surface area contributed by atoms with E-state index in [4.69, 9.17) is 4.74 Å². The van der Waals surface area contributed by atoms with Crippen LogP contribution in [0, 0.1) is 0 Å². The van der Waals surface area contributed by atoms with Crippen LogP contribution in [-0.4, -0.2) is 12.4 Å². The number of aryl methyl sites for hydroxylation is 1. The van der Waals surface area contributed by atoms with Crippen LogP contribution in [0.4, 0.5) is 0 Å². The molecule has 2 heteroatoms. The van der Waals surface area contributed by atoms with Crippen molar-refractivity contribution in [2.75, 3.05) is 6.61 Å². The van der Waals surface area contributed by atoms with E-state index in [1.807, 2.05) is 12.1 Å². The van der Waals surface area contributed by atoms with E-state index in [9.17, 15) is 4.79 Å². The van der Waals surface area contributed by atoms with Crippen LogP contribution in [0.2, 0.25) is 0 Å². The number of ether oxygens (including phenoxy) is 1. The van der Waals surface area contributed by atoms with E-state index in [-0.39, 0.29) is 5.78 Å². The Bertz CT molecular complexity index is 702. The van der Waals surface area contributed by atoms with E-state index < -0.39 is 0 Å². The normalized spacial score (nSPS) is 19.4. The summed E-state index contributed by atoms with van der Waals surface area (Å²) in [6.45, 7) is 0.726. The van der Waals surface area contributed by atoms with Gasteiger partial charge in [-0.05, 0) is 54.2 Å². The van der Waals surface area contributed by atoms with Gasteiger partial charge in [-0.3, -0.25) is 4.79 Å². The molecule has 106 valence electrons. The van der Waals surface area contributed by atoms with Crippen LogP contribution >= 0.6 is 0 Å². The average Bonchev–Trinajstić information content (AvgIpc) is 2.48. The van der Waals surface area contributed by atoms with Gasteiger partial charge >= 0.3 is 0 Å². The molecule has 4 rings (SSSR count). The van der Waals surface area contributed by atoms with Crippen molar-refractivity contribution in [2.24, 2.45) is 0 Å². The molecule has 0 saturated heterocycles. The minimum Gasteiger partial charge on any atom is -0.493 e. The van der Waals surface area contributed by atoms with E-state index in [1.165, 1.54) is 11.1 Å². The highest BCUT2D eigenvalue weighted by Gasteiger charge is 2.26. The molecule has 0 bridgehead atoms. The van der Waals surface area contributed by atoms with Crippen molar-refractivity contribution in [1.29, 1.82) is 0 Å². The molecular formula is C19H18O2. The first-order valence-electron chi connectivity index (χ1n) is 7.68. The van der Waals surface area contributed by atoms with E-state index in [0.717, 1.165) is 42.7 Å². The zero-order valence-electron chi connectivity index (χ0n) is 12.0. The number of rotatable bonds is 3. The van der Waals surface area contributed by atoms with Gasteiger partial charge in [-0.1, -0.05) is 24.3 Å². The van der Waals surface area contributed by atoms with Crippen LogP contribution < -0.4 is 4.74 Å². The fraction of sp³-hybridized carbons (Fsp3) is 0.316. The second-order valence-electron chi connectivity index (χ2n) is 6.01. The Balaban J connectivity index is 1.46. The number of Topliss-reactive ketones (excluding diaryl/α,β-unsaturated/α-hetero) is 1. The van der Waals surface area contributed by atoms with E-state index >= 15 is 0 Å². The largest absolute Gasteiger partial charge is 0.493 e. The molecule has 0 N–H and O–H groups in total. The molecular weight excluding hydrogens is 260 g/mol. The number of hydrogen-bond donors (Lipinski definition) is 0. The summed E-state index contributed by atoms with van der Waals surface area (Å²) in [5.41, 5.74) is 4.91. The summed E-state index contributed by atoms with van der Waals surface area (Å²) < 4.78 is 5.96. The van der Waals surface area contributed by atoms with Gasteiger partial charge in [0.15, 0.2) is 5.78 Å². The Morgan fingerprint density at radius 3 is 2.86 bits per heavy atom. The fourth-order valence-electron chi connectivity index (χ4n) is 3.42. The van der Waals surface area contributed by atoms with Crippen molar-refractivity contribution in [3.05, 3.63) is 64.7 Å². The minimum absolute atomic E-state index is 0.274. The lowest BCUT2D eigenvalue weighted by molar-refractivity contribution is 0.0972. The molecule has 1 atom stereocenters. The summed E-state index contributed by atoms with van der Waals surface area (Å²) in [6.07, 6.45) is 3.75. The quantitative estimate of drug-likeness (QED) is 0.850. The van der Waals surface area contributed by atoms with Crippen molar-refractivity contribution in [1.82, 2.24) is 0 Å². The first-order chi connectivity index (χ1) is 10.3. The number of hydrogen-bond acceptors (Lipinski definition) is 2. The van der Waals surface area contributed by atoms with Crippen LogP contribution in [0.15, 0.2) is 42.5 Å². The van der Waals surface area contributed by atoms with E-state index in [1.54, 1.807) is 0 Å². The molecule has 0 amide bonds. The molecule has 0 fully saturated rings. The third-order valence-corrected chi connectivity index (χ3v) is 4.64. The summed E-state index contributed by atoms with van der Waals surface area (Å²) in [7, 11) is 0. The number of fused-ring (bicyclic) bond motifs is 2. The SMILES string of the molecule is O=C1CCCc2cc(OCC3Cc4ccccc43)ccc21. The maximum absolute atomic E-state index is 11.8. The molecule has 2 aliphatic rings. The highest BCUT2D eigenvalue weighted by atomic mass is 16.5. The highest BCUT2D eigenvalue weighted by molar-refractivity contribution is 5.98. The summed E-state index contributed by atoms with van der Waals surface area (Å²) in [5.74, 6) is 1.68. The lowest BCUT2D eigenvalue weighted by Gasteiger charge is -2.30. The summed E-state index contributed by atoms with van der Waals surface area (Å²) >= 11 is 0. The molecule has 0 spiro atoms. The molecule has 2 nitrogen and oxygen atoms in total. The molecule has 0 saturated carbocycles. The number of carbonyl (C=O) groups excluding carboxylic acids is 1. The van der Waals surface area contributed by atoms with Crippen LogP contribution in [0.1, 0.15) is 45.8 Å². The molecule has 2 aliphatic carbocycles. The van der Waals surface area contributed by atoms with Gasteiger partial charge in [0.1, 0.15) is 5.75 Å². The van der Waals surface area contributed by atoms with E-state index in [2.05, 4.69) is 30.3 Å². The maximum atomic E-state index is 11.8. The second-order valence-corrected chi connectivity index (χ2v) is 6.01. The van der Waals surface area contributed by atoms with Crippen molar-refractivity contribution >= 4 is 5.78 Å². The Morgan fingerprint density at radius 1 is 1.05 bits per heavy atom. The lowest BCUT2D eigenvalue weighted by atomic mass is 9.78. The molecule has 1 unspecified atom stereocenters. The predicted octanol–water partition coefficient (Wildman–Crippen LogP) is 3.92. The summed E-state index contributed by atoms with van der Waals surface area (Å²) in [4.78, 5) is 11.8. The van der Waals surface area contributed by atoms with Gasteiger partial charge in [-0.25, -0.2) is 0 Å². The fourth-order valence-corrected chi connectivity index (χ4v) is 3.42. The molecule has 2 aromatic rings. The Morgan fingerprint density at radius 2 is 1.95 bits per heavy atom. The highest BCUT2D eigenvalue weighted by Crippen LogP contribution is 2.35.